The summed E-state index contributed by atoms with van der Waals surface area (Å²) in [6.45, 7) is 0. The van der Waals surface area contributed by atoms with Gasteiger partial charge in [-0.15, -0.1) is 0 Å². The van der Waals surface area contributed by atoms with Crippen molar-refractivity contribution in [3.8, 4) is 23.0 Å². The maximum atomic E-state index is 10.5. The molecule has 4 N–H and O–H groups in total. The smallest absolute Gasteiger partial charge is 0.186 e. The molecule has 31 heavy (non-hydrogen) atoms. The predicted octanol–water partition coefficient (Wildman–Crippen LogP) is 3.37. The first-order valence-corrected chi connectivity index (χ1v) is 10.1. The Balaban J connectivity index is 1.74. The van der Waals surface area contributed by atoms with Crippen molar-refractivity contribution in [1.29, 1.82) is 0 Å². The summed E-state index contributed by atoms with van der Waals surface area (Å²) in [7, 11) is 4.91. The van der Waals surface area contributed by atoms with Gasteiger partial charge in [0.1, 0.15) is 17.5 Å². The molecule has 1 aliphatic heterocycles. The number of nitrogens with two attached hydrogens (primary N) is 1. The van der Waals surface area contributed by atoms with Crippen LogP contribution in [0.25, 0.3) is 5.70 Å². The van der Waals surface area contributed by atoms with E-state index in [0.717, 1.165) is 28.1 Å². The zero-order chi connectivity index (χ0) is 21.8. The molecule has 3 aromatic carbocycles. The minimum atomic E-state index is -0.0912. The third kappa shape index (κ3) is 4.29. The van der Waals surface area contributed by atoms with Crippen molar-refractivity contribution in [1.82, 2.24) is 5.32 Å². The van der Waals surface area contributed by atoms with Crippen LogP contribution in [-0.4, -0.2) is 26.4 Å². The van der Waals surface area contributed by atoms with Gasteiger partial charge in [-0.3, -0.25) is 0 Å². The van der Waals surface area contributed by atoms with Gasteiger partial charge in [-0.1, -0.05) is 12.1 Å². The average Bonchev–Trinajstić information content (AvgIpc) is 2.83. The van der Waals surface area contributed by atoms with E-state index < -0.39 is 0 Å². The van der Waals surface area contributed by atoms with Gasteiger partial charge in [0, 0.05) is 17.3 Å². The van der Waals surface area contributed by atoms with Gasteiger partial charge in [0.15, 0.2) is 17.7 Å². The fourth-order valence-electron chi connectivity index (χ4n) is 3.86. The monoisotopic (exact) mass is 419 g/mol. The summed E-state index contributed by atoms with van der Waals surface area (Å²) in [6, 6.07) is 21.2. The lowest BCUT2D eigenvalue weighted by Crippen LogP contribution is -2.89. The molecule has 6 nitrogen and oxygen atoms in total. The van der Waals surface area contributed by atoms with Gasteiger partial charge in [-0.2, -0.15) is 0 Å². The molecule has 1 aliphatic rings. The average molecular weight is 420 g/mol. The molecule has 0 saturated carbocycles. The van der Waals surface area contributed by atoms with Crippen molar-refractivity contribution in [3.63, 3.8) is 0 Å². The van der Waals surface area contributed by atoms with Crippen molar-refractivity contribution in [2.45, 2.75) is 12.2 Å². The number of para-hydroxylation sites is 1. The van der Waals surface area contributed by atoms with E-state index in [1.807, 2.05) is 60.7 Å². The van der Waals surface area contributed by atoms with E-state index in [2.05, 4.69) is 16.7 Å². The van der Waals surface area contributed by atoms with E-state index in [-0.39, 0.29) is 18.0 Å². The lowest BCUT2D eigenvalue weighted by Gasteiger charge is -2.30. The summed E-state index contributed by atoms with van der Waals surface area (Å²) in [4.78, 5) is 0. The second-order valence-electron chi connectivity index (χ2n) is 7.32. The number of aromatic hydroxyl groups is 1. The van der Waals surface area contributed by atoms with Gasteiger partial charge in [-0.05, 0) is 60.2 Å². The largest absolute Gasteiger partial charge is 0.507 e. The summed E-state index contributed by atoms with van der Waals surface area (Å²) < 4.78 is 16.2. The minimum Gasteiger partial charge on any atom is -0.507 e. The van der Waals surface area contributed by atoms with Crippen LogP contribution in [0.15, 0.2) is 72.8 Å². The minimum absolute atomic E-state index is 0.0716. The first-order chi connectivity index (χ1) is 15.1. The highest BCUT2D eigenvalue weighted by Gasteiger charge is 2.29. The lowest BCUT2D eigenvalue weighted by atomic mass is 9.97. The van der Waals surface area contributed by atoms with E-state index in [4.69, 9.17) is 14.2 Å². The number of rotatable bonds is 6. The zero-order valence-electron chi connectivity index (χ0n) is 17.8. The van der Waals surface area contributed by atoms with Crippen molar-refractivity contribution in [3.05, 3.63) is 89.5 Å². The Labute approximate surface area is 182 Å². The molecule has 2 unspecified atom stereocenters. The van der Waals surface area contributed by atoms with Crippen molar-refractivity contribution >= 4 is 5.70 Å². The van der Waals surface area contributed by atoms with Gasteiger partial charge >= 0.3 is 0 Å². The van der Waals surface area contributed by atoms with Gasteiger partial charge in [-0.25, -0.2) is 0 Å². The second kappa shape index (κ2) is 9.02. The number of methoxy groups -OCH3 is 3. The Kier molecular flexibility index (Phi) is 6.00. The van der Waals surface area contributed by atoms with Crippen LogP contribution in [0, 0.1) is 0 Å². The summed E-state index contributed by atoms with van der Waals surface area (Å²) in [5.41, 5.74) is 3.93. The van der Waals surface area contributed by atoms with Crippen LogP contribution in [0.5, 0.6) is 23.0 Å². The summed E-state index contributed by atoms with van der Waals surface area (Å²) in [5, 5.41) is 16.3. The lowest BCUT2D eigenvalue weighted by molar-refractivity contribution is -0.731. The number of ether oxygens (including phenoxy) is 3. The third-order valence-electron chi connectivity index (χ3n) is 5.52. The van der Waals surface area contributed by atoms with Crippen LogP contribution < -0.4 is 24.8 Å². The highest BCUT2D eigenvalue weighted by atomic mass is 16.5. The number of benzene rings is 3. The molecule has 0 amide bonds. The first kappa shape index (κ1) is 20.6. The highest BCUT2D eigenvalue weighted by molar-refractivity contribution is 5.66. The molecule has 160 valence electrons. The van der Waals surface area contributed by atoms with E-state index >= 15 is 0 Å². The Bertz CT molecular complexity index is 1080. The van der Waals surface area contributed by atoms with Crippen molar-refractivity contribution in [2.24, 2.45) is 0 Å². The molecule has 6 heteroatoms. The SMILES string of the molecule is COc1ccc(C2=CC(c3ccccc3O)[NH2+]C(c3ccc(OC)c(OC)c3)N2)cc1. The molecule has 1 heterocycles. The maximum absolute atomic E-state index is 10.5. The van der Waals surface area contributed by atoms with Crippen molar-refractivity contribution in [2.75, 3.05) is 21.3 Å². The standard InChI is InChI=1S/C25H26N2O4/c1-29-18-11-8-16(9-12-18)20-15-21(19-6-4-5-7-22(19)28)27-25(26-20)17-10-13-23(30-2)24(14-17)31-3/h4-15,21,25-28H,1-3H3/p+1. The van der Waals surface area contributed by atoms with Crippen LogP contribution in [0.1, 0.15) is 28.9 Å². The molecule has 0 fully saturated rings. The molecule has 0 aliphatic carbocycles. The number of phenolic OH excluding ortho intramolecular Hbond substituents is 1. The highest BCUT2D eigenvalue weighted by Crippen LogP contribution is 2.32. The fraction of sp³-hybridized carbons (Fsp3) is 0.200. The van der Waals surface area contributed by atoms with Gasteiger partial charge < -0.3 is 30.0 Å². The van der Waals surface area contributed by atoms with Crippen LogP contribution in [0.4, 0.5) is 0 Å². The molecule has 0 spiro atoms. The fourth-order valence-corrected chi connectivity index (χ4v) is 3.86. The predicted molar refractivity (Wildman–Crippen MR) is 119 cm³/mol. The Hall–Kier alpha value is -3.64. The van der Waals surface area contributed by atoms with Gasteiger partial charge in [0.2, 0.25) is 0 Å². The number of quaternary nitrogens is 1. The van der Waals surface area contributed by atoms with E-state index in [1.54, 1.807) is 27.4 Å². The Morgan fingerprint density at radius 1 is 0.839 bits per heavy atom. The van der Waals surface area contributed by atoms with Crippen molar-refractivity contribution < 1.29 is 24.6 Å². The number of hydrogen-bond donors (Lipinski definition) is 3. The second-order valence-corrected chi connectivity index (χ2v) is 7.32. The van der Waals surface area contributed by atoms with Gasteiger partial charge in [0.05, 0.1) is 26.9 Å². The third-order valence-corrected chi connectivity index (χ3v) is 5.52. The molecule has 0 bridgehead atoms. The quantitative estimate of drug-likeness (QED) is 0.571. The Morgan fingerprint density at radius 2 is 1.58 bits per heavy atom. The zero-order valence-corrected chi connectivity index (χ0v) is 17.8. The normalized spacial score (nSPS) is 18.0. The van der Waals surface area contributed by atoms with Crippen LogP contribution in [0.2, 0.25) is 0 Å². The van der Waals surface area contributed by atoms with E-state index in [9.17, 15) is 5.11 Å². The summed E-state index contributed by atoms with van der Waals surface area (Å²) >= 11 is 0. The molecule has 0 saturated heterocycles. The number of nitrogens with one attached hydrogen (secondary N) is 1. The number of hydrogen-bond acceptors (Lipinski definition) is 5. The van der Waals surface area contributed by atoms with Crippen LogP contribution in [0.3, 0.4) is 0 Å². The molecule has 2 atom stereocenters. The van der Waals surface area contributed by atoms with Crippen LogP contribution in [-0.2, 0) is 0 Å². The Morgan fingerprint density at radius 3 is 2.26 bits per heavy atom. The first-order valence-electron chi connectivity index (χ1n) is 10.1. The molecule has 0 aromatic heterocycles. The molecule has 0 radical (unpaired) electrons. The van der Waals surface area contributed by atoms with Crippen LogP contribution >= 0.6 is 0 Å². The number of phenols is 1. The molecule has 4 rings (SSSR count). The summed E-state index contributed by atoms with van der Waals surface area (Å²) in [5.74, 6) is 2.45. The topological polar surface area (TPSA) is 76.6 Å². The summed E-state index contributed by atoms with van der Waals surface area (Å²) in [6.07, 6.45) is 2.04. The van der Waals surface area contributed by atoms with E-state index in [0.29, 0.717) is 11.5 Å². The molecular formula is C25H27N2O4+. The maximum Gasteiger partial charge on any atom is 0.186 e. The molecule has 3 aromatic rings. The van der Waals surface area contributed by atoms with Gasteiger partial charge in [0.25, 0.3) is 0 Å². The molecular weight excluding hydrogens is 392 g/mol. The van der Waals surface area contributed by atoms with E-state index in [1.165, 1.54) is 0 Å².